The fourth-order valence-corrected chi connectivity index (χ4v) is 3.62. The Morgan fingerprint density at radius 1 is 1.40 bits per heavy atom. The Labute approximate surface area is 123 Å². The van der Waals surface area contributed by atoms with Gasteiger partial charge in [-0.3, -0.25) is 4.98 Å². The molecular formula is C13H17N3O2S2. The minimum Gasteiger partial charge on any atom is -0.264 e. The van der Waals surface area contributed by atoms with Crippen LogP contribution in [0.15, 0.2) is 29.9 Å². The van der Waals surface area contributed by atoms with Crippen molar-refractivity contribution in [2.24, 2.45) is 0 Å². The number of thiazole rings is 1. The van der Waals surface area contributed by atoms with E-state index in [1.54, 1.807) is 12.4 Å². The van der Waals surface area contributed by atoms with Gasteiger partial charge in [0.1, 0.15) is 5.01 Å². The number of nitrogens with one attached hydrogen (secondary N) is 1. The molecule has 0 saturated heterocycles. The number of sulfonamides is 1. The maximum atomic E-state index is 11.7. The van der Waals surface area contributed by atoms with Gasteiger partial charge in [-0.2, -0.15) is 0 Å². The molecule has 20 heavy (non-hydrogen) atoms. The maximum Gasteiger partial charge on any atom is 0.211 e. The molecule has 1 N–H and O–H groups in total. The summed E-state index contributed by atoms with van der Waals surface area (Å²) in [4.78, 5) is 8.46. The molecule has 0 aliphatic carbocycles. The van der Waals surface area contributed by atoms with Gasteiger partial charge in [0.2, 0.25) is 10.0 Å². The Morgan fingerprint density at radius 2 is 2.25 bits per heavy atom. The highest BCUT2D eigenvalue weighted by Gasteiger charge is 2.11. The summed E-state index contributed by atoms with van der Waals surface area (Å²) >= 11 is 1.44. The molecule has 108 valence electrons. The van der Waals surface area contributed by atoms with Crippen LogP contribution in [0.5, 0.6) is 0 Å². The van der Waals surface area contributed by atoms with Gasteiger partial charge in [0, 0.05) is 23.3 Å². The SMILES string of the molecule is CCCCS(=O)(=O)NCc1nc(-c2cccnc2)cs1. The third-order valence-electron chi connectivity index (χ3n) is 2.72. The first-order chi connectivity index (χ1) is 9.61. The Hall–Kier alpha value is -1.31. The highest BCUT2D eigenvalue weighted by atomic mass is 32.2. The highest BCUT2D eigenvalue weighted by Crippen LogP contribution is 2.20. The zero-order chi connectivity index (χ0) is 14.4. The van der Waals surface area contributed by atoms with E-state index in [9.17, 15) is 8.42 Å². The molecule has 0 aliphatic rings. The molecular weight excluding hydrogens is 294 g/mol. The van der Waals surface area contributed by atoms with Crippen molar-refractivity contribution in [2.75, 3.05) is 5.75 Å². The van der Waals surface area contributed by atoms with Gasteiger partial charge in [-0.25, -0.2) is 18.1 Å². The van der Waals surface area contributed by atoms with Gasteiger partial charge >= 0.3 is 0 Å². The van der Waals surface area contributed by atoms with Gasteiger partial charge in [-0.15, -0.1) is 11.3 Å². The van der Waals surface area contributed by atoms with Gasteiger partial charge in [0.25, 0.3) is 0 Å². The van der Waals surface area contributed by atoms with Crippen molar-refractivity contribution in [1.82, 2.24) is 14.7 Å². The number of hydrogen-bond donors (Lipinski definition) is 1. The van der Waals surface area contributed by atoms with Crippen LogP contribution >= 0.6 is 11.3 Å². The van der Waals surface area contributed by atoms with Crippen molar-refractivity contribution < 1.29 is 8.42 Å². The van der Waals surface area contributed by atoms with Crippen LogP contribution in [0.1, 0.15) is 24.8 Å². The lowest BCUT2D eigenvalue weighted by Gasteiger charge is -2.03. The largest absolute Gasteiger partial charge is 0.264 e. The first-order valence-electron chi connectivity index (χ1n) is 6.43. The Morgan fingerprint density at radius 3 is 2.95 bits per heavy atom. The van der Waals surface area contributed by atoms with Crippen molar-refractivity contribution in [3.8, 4) is 11.3 Å². The molecule has 0 bridgehead atoms. The van der Waals surface area contributed by atoms with E-state index in [-0.39, 0.29) is 12.3 Å². The van der Waals surface area contributed by atoms with E-state index in [4.69, 9.17) is 0 Å². The van der Waals surface area contributed by atoms with Crippen molar-refractivity contribution >= 4 is 21.4 Å². The molecule has 0 aliphatic heterocycles. The summed E-state index contributed by atoms with van der Waals surface area (Å²) in [5, 5.41) is 2.66. The van der Waals surface area contributed by atoms with Crippen LogP contribution in [0, 0.1) is 0 Å². The van der Waals surface area contributed by atoms with Crippen LogP contribution in [-0.2, 0) is 16.6 Å². The third kappa shape index (κ3) is 4.36. The smallest absolute Gasteiger partial charge is 0.211 e. The Kier molecular flexibility index (Phi) is 5.22. The van der Waals surface area contributed by atoms with Gasteiger partial charge in [-0.1, -0.05) is 13.3 Å². The Bertz CT molecular complexity index is 639. The first kappa shape index (κ1) is 15.1. The lowest BCUT2D eigenvalue weighted by atomic mass is 10.2. The zero-order valence-corrected chi connectivity index (χ0v) is 12.9. The summed E-state index contributed by atoms with van der Waals surface area (Å²) in [6, 6.07) is 3.78. The quantitative estimate of drug-likeness (QED) is 0.852. The maximum absolute atomic E-state index is 11.7. The topological polar surface area (TPSA) is 72.0 Å². The van der Waals surface area contributed by atoms with E-state index >= 15 is 0 Å². The van der Waals surface area contributed by atoms with Crippen molar-refractivity contribution in [3.05, 3.63) is 34.9 Å². The molecule has 0 saturated carbocycles. The molecule has 0 fully saturated rings. The molecule has 0 amide bonds. The normalized spacial score (nSPS) is 11.7. The Balaban J connectivity index is 1.97. The summed E-state index contributed by atoms with van der Waals surface area (Å²) in [5.41, 5.74) is 1.76. The summed E-state index contributed by atoms with van der Waals surface area (Å²) in [5.74, 6) is 0.171. The molecule has 5 nitrogen and oxygen atoms in total. The van der Waals surface area contributed by atoms with Crippen LogP contribution in [0.4, 0.5) is 0 Å². The minimum absolute atomic E-state index is 0.171. The van der Waals surface area contributed by atoms with E-state index in [2.05, 4.69) is 14.7 Å². The average molecular weight is 311 g/mol. The van der Waals surface area contributed by atoms with Crippen LogP contribution in [-0.4, -0.2) is 24.1 Å². The second-order valence-electron chi connectivity index (χ2n) is 4.36. The minimum atomic E-state index is -3.19. The standard InChI is InChI=1S/C13H17N3O2S2/c1-2-3-7-20(17,18)15-9-13-16-12(10-19-13)11-5-4-6-14-8-11/h4-6,8,10,15H,2-3,7,9H2,1H3. The first-order valence-corrected chi connectivity index (χ1v) is 8.96. The second kappa shape index (κ2) is 6.92. The molecule has 0 atom stereocenters. The van der Waals surface area contributed by atoms with Crippen molar-refractivity contribution in [3.63, 3.8) is 0 Å². The summed E-state index contributed by atoms with van der Waals surface area (Å²) in [6.45, 7) is 2.22. The summed E-state index contributed by atoms with van der Waals surface area (Å²) < 4.78 is 26.0. The molecule has 0 aromatic carbocycles. The third-order valence-corrected chi connectivity index (χ3v) is 4.98. The molecule has 7 heteroatoms. The van der Waals surface area contributed by atoms with E-state index in [1.807, 2.05) is 24.4 Å². The van der Waals surface area contributed by atoms with Crippen LogP contribution in [0.25, 0.3) is 11.3 Å². The summed E-state index contributed by atoms with van der Waals surface area (Å²) in [7, 11) is -3.19. The van der Waals surface area contributed by atoms with Gasteiger partial charge in [0.05, 0.1) is 18.0 Å². The van der Waals surface area contributed by atoms with E-state index in [1.165, 1.54) is 11.3 Å². The van der Waals surface area contributed by atoms with E-state index in [0.717, 1.165) is 22.7 Å². The number of nitrogens with zero attached hydrogens (tertiary/aromatic N) is 2. The molecule has 0 spiro atoms. The highest BCUT2D eigenvalue weighted by molar-refractivity contribution is 7.89. The lowest BCUT2D eigenvalue weighted by Crippen LogP contribution is -2.25. The van der Waals surface area contributed by atoms with Crippen LogP contribution in [0.2, 0.25) is 0 Å². The molecule has 0 radical (unpaired) electrons. The zero-order valence-electron chi connectivity index (χ0n) is 11.2. The van der Waals surface area contributed by atoms with Crippen LogP contribution in [0.3, 0.4) is 0 Å². The number of aromatic nitrogens is 2. The fourth-order valence-electron chi connectivity index (χ4n) is 1.62. The number of unbranched alkanes of at least 4 members (excludes halogenated alkanes) is 1. The van der Waals surface area contributed by atoms with Crippen LogP contribution < -0.4 is 4.72 Å². The lowest BCUT2D eigenvalue weighted by molar-refractivity contribution is 0.578. The average Bonchev–Trinajstić information content (AvgIpc) is 2.93. The summed E-state index contributed by atoms with van der Waals surface area (Å²) in [6.07, 6.45) is 4.99. The number of hydrogen-bond acceptors (Lipinski definition) is 5. The monoisotopic (exact) mass is 311 g/mol. The van der Waals surface area contributed by atoms with Crippen molar-refractivity contribution in [1.29, 1.82) is 0 Å². The fraction of sp³-hybridized carbons (Fsp3) is 0.385. The molecule has 2 aromatic heterocycles. The van der Waals surface area contributed by atoms with Gasteiger partial charge < -0.3 is 0 Å². The predicted octanol–water partition coefficient (Wildman–Crippen LogP) is 2.42. The number of pyridine rings is 1. The number of rotatable bonds is 7. The van der Waals surface area contributed by atoms with Gasteiger partial charge in [0.15, 0.2) is 0 Å². The molecule has 0 unspecified atom stereocenters. The molecule has 2 rings (SSSR count). The van der Waals surface area contributed by atoms with E-state index < -0.39 is 10.0 Å². The predicted molar refractivity (Wildman–Crippen MR) is 80.9 cm³/mol. The second-order valence-corrected chi connectivity index (χ2v) is 7.23. The van der Waals surface area contributed by atoms with Crippen molar-refractivity contribution in [2.45, 2.75) is 26.3 Å². The van der Waals surface area contributed by atoms with E-state index in [0.29, 0.717) is 6.42 Å². The van der Waals surface area contributed by atoms with Gasteiger partial charge in [-0.05, 0) is 18.6 Å². The molecule has 2 heterocycles. The molecule has 2 aromatic rings.